The molecule has 0 bridgehead atoms. The molecule has 13 heavy (non-hydrogen) atoms. The van der Waals surface area contributed by atoms with Gasteiger partial charge in [0.2, 0.25) is 5.16 Å². The van der Waals surface area contributed by atoms with Gasteiger partial charge in [-0.2, -0.15) is 0 Å². The van der Waals surface area contributed by atoms with Crippen LogP contribution in [0.1, 0.15) is 0 Å². The lowest BCUT2D eigenvalue weighted by Crippen LogP contribution is -2.19. The quantitative estimate of drug-likeness (QED) is 0.695. The Morgan fingerprint density at radius 1 is 1.69 bits per heavy atom. The lowest BCUT2D eigenvalue weighted by molar-refractivity contribution is 0.184. The number of aromatic nitrogens is 2. The second-order valence-electron chi connectivity index (χ2n) is 2.44. The number of hydrogen-bond acceptors (Lipinski definition) is 4. The van der Waals surface area contributed by atoms with E-state index >= 15 is 0 Å². The van der Waals surface area contributed by atoms with Gasteiger partial charge in [-0.3, -0.25) is 0 Å². The first kappa shape index (κ1) is 10.2. The van der Waals surface area contributed by atoms with E-state index in [1.165, 1.54) is 17.9 Å². The standard InChI is InChI=1S/C6H11N3O3S/c1-12-5-4-9-3-2-8-6(9)13(7,10)11/h2-3H,4-5H2,1H3,(H2,7,10,11). The zero-order chi connectivity index (χ0) is 9.90. The van der Waals surface area contributed by atoms with Crippen LogP contribution in [0, 0.1) is 0 Å². The minimum Gasteiger partial charge on any atom is -0.383 e. The van der Waals surface area contributed by atoms with Crippen LogP contribution in [0.4, 0.5) is 0 Å². The van der Waals surface area contributed by atoms with E-state index in [-0.39, 0.29) is 5.16 Å². The minimum absolute atomic E-state index is 0.135. The number of methoxy groups -OCH3 is 1. The van der Waals surface area contributed by atoms with E-state index in [1.807, 2.05) is 0 Å². The first-order valence-electron chi connectivity index (χ1n) is 3.58. The number of imidazole rings is 1. The topological polar surface area (TPSA) is 87.2 Å². The molecule has 1 aromatic rings. The van der Waals surface area contributed by atoms with Gasteiger partial charge >= 0.3 is 0 Å². The van der Waals surface area contributed by atoms with Crippen LogP contribution in [0.15, 0.2) is 17.6 Å². The molecule has 0 spiro atoms. The van der Waals surface area contributed by atoms with Gasteiger partial charge in [0.15, 0.2) is 0 Å². The summed E-state index contributed by atoms with van der Waals surface area (Å²) in [5.74, 6) is 0. The van der Waals surface area contributed by atoms with Crippen molar-refractivity contribution in [1.82, 2.24) is 9.55 Å². The van der Waals surface area contributed by atoms with Crippen molar-refractivity contribution in [3.05, 3.63) is 12.4 Å². The summed E-state index contributed by atoms with van der Waals surface area (Å²) in [6.45, 7) is 0.834. The molecule has 0 fully saturated rings. The lowest BCUT2D eigenvalue weighted by Gasteiger charge is -2.04. The Balaban J connectivity index is 2.90. The van der Waals surface area contributed by atoms with Crippen LogP contribution < -0.4 is 5.14 Å². The lowest BCUT2D eigenvalue weighted by atomic mass is 10.7. The highest BCUT2D eigenvalue weighted by Crippen LogP contribution is 2.02. The summed E-state index contributed by atoms with van der Waals surface area (Å²) in [5.41, 5.74) is 0. The molecule has 0 aromatic carbocycles. The Kier molecular flexibility index (Phi) is 3.02. The van der Waals surface area contributed by atoms with E-state index in [9.17, 15) is 8.42 Å². The Bertz CT molecular complexity index is 370. The number of hydrogen-bond donors (Lipinski definition) is 1. The molecule has 7 heteroatoms. The molecule has 0 saturated carbocycles. The van der Waals surface area contributed by atoms with Gasteiger partial charge < -0.3 is 9.30 Å². The van der Waals surface area contributed by atoms with Crippen molar-refractivity contribution in [2.75, 3.05) is 13.7 Å². The van der Waals surface area contributed by atoms with Crippen LogP contribution in [-0.4, -0.2) is 31.7 Å². The fraction of sp³-hybridized carbons (Fsp3) is 0.500. The Labute approximate surface area is 76.4 Å². The third-order valence-electron chi connectivity index (χ3n) is 1.47. The normalized spacial score (nSPS) is 11.8. The van der Waals surface area contributed by atoms with Gasteiger partial charge in [-0.1, -0.05) is 0 Å². The van der Waals surface area contributed by atoms with E-state index in [1.54, 1.807) is 6.20 Å². The fourth-order valence-electron chi connectivity index (χ4n) is 0.912. The van der Waals surface area contributed by atoms with Crippen molar-refractivity contribution >= 4 is 10.0 Å². The van der Waals surface area contributed by atoms with Crippen LogP contribution in [0.5, 0.6) is 0 Å². The van der Waals surface area contributed by atoms with Crippen molar-refractivity contribution in [1.29, 1.82) is 0 Å². The predicted octanol–water partition coefficient (Wildman–Crippen LogP) is -0.823. The first-order chi connectivity index (χ1) is 6.05. The summed E-state index contributed by atoms with van der Waals surface area (Å²) >= 11 is 0. The number of nitrogens with two attached hydrogens (primary N) is 1. The van der Waals surface area contributed by atoms with Crippen LogP contribution in [0.3, 0.4) is 0 Å². The maximum Gasteiger partial charge on any atom is 0.272 e. The minimum atomic E-state index is -3.72. The molecule has 0 saturated heterocycles. The highest BCUT2D eigenvalue weighted by atomic mass is 32.2. The van der Waals surface area contributed by atoms with Gasteiger partial charge in [0.25, 0.3) is 10.0 Å². The average molecular weight is 205 g/mol. The van der Waals surface area contributed by atoms with Gasteiger partial charge in [0, 0.05) is 26.0 Å². The molecule has 0 radical (unpaired) electrons. The number of sulfonamides is 1. The van der Waals surface area contributed by atoms with Gasteiger partial charge in [0.05, 0.1) is 6.61 Å². The number of primary sulfonamides is 1. The predicted molar refractivity (Wildman–Crippen MR) is 45.5 cm³/mol. The second kappa shape index (κ2) is 3.86. The Morgan fingerprint density at radius 2 is 2.38 bits per heavy atom. The van der Waals surface area contributed by atoms with E-state index in [0.717, 1.165) is 0 Å². The molecule has 0 amide bonds. The summed E-state index contributed by atoms with van der Waals surface area (Å²) in [4.78, 5) is 3.63. The third kappa shape index (κ3) is 2.51. The SMILES string of the molecule is COCCn1ccnc1S(N)(=O)=O. The molecule has 1 heterocycles. The molecule has 1 aromatic heterocycles. The Morgan fingerprint density at radius 3 is 2.92 bits per heavy atom. The molecule has 74 valence electrons. The molecule has 0 aliphatic rings. The summed E-state index contributed by atoms with van der Waals surface area (Å²) < 4.78 is 28.1. The third-order valence-corrected chi connectivity index (χ3v) is 2.32. The number of ether oxygens (including phenoxy) is 1. The largest absolute Gasteiger partial charge is 0.383 e. The van der Waals surface area contributed by atoms with Crippen LogP contribution in [0.25, 0.3) is 0 Å². The summed E-state index contributed by atoms with van der Waals surface area (Å²) in [7, 11) is -2.19. The Hall–Kier alpha value is -0.920. The molecular weight excluding hydrogens is 194 g/mol. The zero-order valence-corrected chi connectivity index (χ0v) is 7.99. The average Bonchev–Trinajstić information content (AvgIpc) is 2.47. The molecule has 0 aliphatic heterocycles. The van der Waals surface area contributed by atoms with Crippen molar-refractivity contribution in [3.63, 3.8) is 0 Å². The van der Waals surface area contributed by atoms with Gasteiger partial charge in [-0.25, -0.2) is 18.5 Å². The number of nitrogens with zero attached hydrogens (tertiary/aromatic N) is 2. The van der Waals surface area contributed by atoms with E-state index in [2.05, 4.69) is 4.98 Å². The molecule has 1 rings (SSSR count). The van der Waals surface area contributed by atoms with E-state index in [4.69, 9.17) is 9.88 Å². The number of rotatable bonds is 4. The fourth-order valence-corrected chi connectivity index (χ4v) is 1.60. The van der Waals surface area contributed by atoms with E-state index < -0.39 is 10.0 Å². The van der Waals surface area contributed by atoms with Crippen LogP contribution >= 0.6 is 0 Å². The summed E-state index contributed by atoms with van der Waals surface area (Å²) in [6, 6.07) is 0. The maximum absolute atomic E-state index is 10.9. The van der Waals surface area contributed by atoms with Crippen molar-refractivity contribution in [3.8, 4) is 0 Å². The van der Waals surface area contributed by atoms with Crippen molar-refractivity contribution in [2.24, 2.45) is 5.14 Å². The molecule has 0 atom stereocenters. The maximum atomic E-state index is 10.9. The van der Waals surface area contributed by atoms with E-state index in [0.29, 0.717) is 13.2 Å². The second-order valence-corrected chi connectivity index (χ2v) is 3.90. The first-order valence-corrected chi connectivity index (χ1v) is 5.13. The highest BCUT2D eigenvalue weighted by molar-refractivity contribution is 7.89. The van der Waals surface area contributed by atoms with Gasteiger partial charge in [-0.15, -0.1) is 0 Å². The molecule has 2 N–H and O–H groups in total. The van der Waals surface area contributed by atoms with Gasteiger partial charge in [0.1, 0.15) is 0 Å². The molecular formula is C6H11N3O3S. The molecule has 0 unspecified atom stereocenters. The smallest absolute Gasteiger partial charge is 0.272 e. The van der Waals surface area contributed by atoms with Crippen LogP contribution in [0.2, 0.25) is 0 Å². The summed E-state index contributed by atoms with van der Waals surface area (Å²) in [6.07, 6.45) is 2.92. The monoisotopic (exact) mass is 205 g/mol. The van der Waals surface area contributed by atoms with Crippen molar-refractivity contribution in [2.45, 2.75) is 11.7 Å². The molecule has 0 aliphatic carbocycles. The van der Waals surface area contributed by atoms with Crippen LogP contribution in [-0.2, 0) is 21.3 Å². The summed E-state index contributed by atoms with van der Waals surface area (Å²) in [5, 5.41) is 4.79. The zero-order valence-electron chi connectivity index (χ0n) is 7.17. The highest BCUT2D eigenvalue weighted by Gasteiger charge is 2.14. The molecule has 6 nitrogen and oxygen atoms in total. The van der Waals surface area contributed by atoms with Crippen molar-refractivity contribution < 1.29 is 13.2 Å². The van der Waals surface area contributed by atoms with Gasteiger partial charge in [-0.05, 0) is 0 Å².